The third kappa shape index (κ3) is 6.55. The Kier molecular flexibility index (Phi) is 7.16. The van der Waals surface area contributed by atoms with Crippen LogP contribution in [0.3, 0.4) is 0 Å². The number of hydrogen-bond donors (Lipinski definition) is 1. The summed E-state index contributed by atoms with van der Waals surface area (Å²) in [5.41, 5.74) is 0. The van der Waals surface area contributed by atoms with Crippen molar-refractivity contribution in [2.24, 2.45) is 0 Å². The van der Waals surface area contributed by atoms with Gasteiger partial charge in [0.1, 0.15) is 0 Å². The zero-order valence-corrected chi connectivity index (χ0v) is 11.7. The number of nitrogens with zero attached hydrogens (tertiary/aromatic N) is 1. The molecule has 8 heteroatoms. The lowest BCUT2D eigenvalue weighted by Gasteiger charge is -2.22. The number of halogens is 3. The van der Waals surface area contributed by atoms with E-state index in [-0.39, 0.29) is 6.54 Å². The fourth-order valence-corrected chi connectivity index (χ4v) is 2.59. The number of rotatable bonds is 8. The largest absolute Gasteiger partial charge is 0.390 e. The Morgan fingerprint density at radius 2 is 1.89 bits per heavy atom. The van der Waals surface area contributed by atoms with Gasteiger partial charge in [0.15, 0.2) is 0 Å². The zero-order valence-electron chi connectivity index (χ0n) is 10.9. The van der Waals surface area contributed by atoms with Gasteiger partial charge in [-0.15, -0.1) is 0 Å². The molecule has 1 N–H and O–H groups in total. The van der Waals surface area contributed by atoms with Crippen LogP contribution in [0.2, 0.25) is 0 Å². The number of nitrogens with one attached hydrogen (secondary N) is 1. The van der Waals surface area contributed by atoms with E-state index in [0.717, 1.165) is 10.7 Å². The maximum Gasteiger partial charge on any atom is 0.390 e. The first-order chi connectivity index (χ1) is 8.11. The van der Waals surface area contributed by atoms with Crippen LogP contribution in [-0.4, -0.2) is 50.8 Å². The van der Waals surface area contributed by atoms with Gasteiger partial charge in [-0.05, 0) is 19.9 Å². The zero-order chi connectivity index (χ0) is 14.4. The molecule has 18 heavy (non-hydrogen) atoms. The first-order valence-corrected chi connectivity index (χ1v) is 7.34. The molecule has 0 aromatic rings. The molecule has 0 saturated carbocycles. The number of alkyl halides is 3. The summed E-state index contributed by atoms with van der Waals surface area (Å²) in [5.74, 6) is 0. The molecule has 0 saturated heterocycles. The van der Waals surface area contributed by atoms with Crippen LogP contribution >= 0.6 is 0 Å². The van der Waals surface area contributed by atoms with Crippen molar-refractivity contribution in [3.63, 3.8) is 0 Å². The van der Waals surface area contributed by atoms with Gasteiger partial charge in [0.25, 0.3) is 0 Å². The van der Waals surface area contributed by atoms with E-state index in [1.807, 2.05) is 6.92 Å². The Morgan fingerprint density at radius 1 is 1.33 bits per heavy atom. The molecule has 0 heterocycles. The molecule has 0 aliphatic rings. The van der Waals surface area contributed by atoms with Crippen LogP contribution in [-0.2, 0) is 10.0 Å². The monoisotopic (exact) mass is 290 g/mol. The maximum atomic E-state index is 12.0. The molecule has 0 rings (SSSR count). The van der Waals surface area contributed by atoms with Crippen molar-refractivity contribution >= 4 is 10.0 Å². The van der Waals surface area contributed by atoms with Crippen LogP contribution < -0.4 is 5.32 Å². The standard InChI is InChI=1S/C10H21F3N2O2S/c1-4-6-14-8-9(2)18(16,17)15(3)7-5-10(11,12)13/h9,14H,4-8H2,1-3H3. The van der Waals surface area contributed by atoms with Crippen LogP contribution in [0.4, 0.5) is 13.2 Å². The highest BCUT2D eigenvalue weighted by Crippen LogP contribution is 2.20. The van der Waals surface area contributed by atoms with Gasteiger partial charge in [-0.25, -0.2) is 12.7 Å². The summed E-state index contributed by atoms with van der Waals surface area (Å²) in [5, 5.41) is 2.21. The van der Waals surface area contributed by atoms with Gasteiger partial charge >= 0.3 is 6.18 Å². The van der Waals surface area contributed by atoms with Crippen molar-refractivity contribution in [1.82, 2.24) is 9.62 Å². The third-order valence-electron chi connectivity index (χ3n) is 2.51. The van der Waals surface area contributed by atoms with Gasteiger partial charge in [-0.3, -0.25) is 0 Å². The average Bonchev–Trinajstić information content (AvgIpc) is 2.24. The quantitative estimate of drug-likeness (QED) is 0.691. The summed E-state index contributed by atoms with van der Waals surface area (Å²) in [6.45, 7) is 3.83. The fourth-order valence-electron chi connectivity index (χ4n) is 1.31. The van der Waals surface area contributed by atoms with Gasteiger partial charge in [0.05, 0.1) is 11.7 Å². The second-order valence-electron chi connectivity index (χ2n) is 4.25. The van der Waals surface area contributed by atoms with E-state index in [4.69, 9.17) is 0 Å². The number of hydrogen-bond acceptors (Lipinski definition) is 3. The highest BCUT2D eigenvalue weighted by Gasteiger charge is 2.31. The molecule has 110 valence electrons. The van der Waals surface area contributed by atoms with Gasteiger partial charge in [-0.2, -0.15) is 13.2 Å². The van der Waals surface area contributed by atoms with Crippen LogP contribution in [0.1, 0.15) is 26.7 Å². The van der Waals surface area contributed by atoms with Crippen molar-refractivity contribution in [2.45, 2.75) is 38.1 Å². The molecule has 4 nitrogen and oxygen atoms in total. The minimum absolute atomic E-state index is 0.243. The predicted octanol–water partition coefficient (Wildman–Crippen LogP) is 1.59. The Hall–Kier alpha value is -0.340. The molecule has 0 bridgehead atoms. The van der Waals surface area contributed by atoms with Crippen molar-refractivity contribution < 1.29 is 21.6 Å². The Bertz CT molecular complexity index is 331. The van der Waals surface area contributed by atoms with E-state index in [0.29, 0.717) is 6.54 Å². The van der Waals surface area contributed by atoms with E-state index in [1.165, 1.54) is 14.0 Å². The molecule has 0 aromatic heterocycles. The molecule has 0 radical (unpaired) electrons. The predicted molar refractivity (Wildman–Crippen MR) is 64.8 cm³/mol. The molecule has 0 fully saturated rings. The molecule has 0 aromatic carbocycles. The maximum absolute atomic E-state index is 12.0. The average molecular weight is 290 g/mol. The summed E-state index contributed by atoms with van der Waals surface area (Å²) in [4.78, 5) is 0. The van der Waals surface area contributed by atoms with Gasteiger partial charge in [0, 0.05) is 20.1 Å². The van der Waals surface area contributed by atoms with E-state index < -0.39 is 34.4 Å². The Morgan fingerprint density at radius 3 is 2.33 bits per heavy atom. The molecule has 0 aliphatic carbocycles. The number of sulfonamides is 1. The highest BCUT2D eigenvalue weighted by molar-refractivity contribution is 7.89. The third-order valence-corrected chi connectivity index (χ3v) is 4.75. The second-order valence-corrected chi connectivity index (χ2v) is 6.70. The SMILES string of the molecule is CCCNCC(C)S(=O)(=O)N(C)CCC(F)(F)F. The molecule has 0 amide bonds. The van der Waals surface area contributed by atoms with E-state index in [2.05, 4.69) is 5.32 Å². The van der Waals surface area contributed by atoms with Crippen molar-refractivity contribution in [3.8, 4) is 0 Å². The van der Waals surface area contributed by atoms with Gasteiger partial charge in [0.2, 0.25) is 10.0 Å². The second kappa shape index (κ2) is 7.30. The molecule has 0 aliphatic heterocycles. The van der Waals surface area contributed by atoms with Crippen LogP contribution in [0.15, 0.2) is 0 Å². The van der Waals surface area contributed by atoms with E-state index in [1.54, 1.807) is 0 Å². The minimum atomic E-state index is -4.34. The summed E-state index contributed by atoms with van der Waals surface area (Å²) in [6.07, 6.45) is -4.60. The fraction of sp³-hybridized carbons (Fsp3) is 1.00. The lowest BCUT2D eigenvalue weighted by atomic mass is 10.4. The van der Waals surface area contributed by atoms with Gasteiger partial charge in [-0.1, -0.05) is 6.92 Å². The van der Waals surface area contributed by atoms with E-state index in [9.17, 15) is 21.6 Å². The van der Waals surface area contributed by atoms with Crippen molar-refractivity contribution in [3.05, 3.63) is 0 Å². The minimum Gasteiger partial charge on any atom is -0.315 e. The van der Waals surface area contributed by atoms with Crippen LogP contribution in [0.5, 0.6) is 0 Å². The highest BCUT2D eigenvalue weighted by atomic mass is 32.2. The van der Waals surface area contributed by atoms with Crippen molar-refractivity contribution in [1.29, 1.82) is 0 Å². The normalized spacial score (nSPS) is 15.1. The van der Waals surface area contributed by atoms with Crippen molar-refractivity contribution in [2.75, 3.05) is 26.7 Å². The van der Waals surface area contributed by atoms with E-state index >= 15 is 0 Å². The molecular weight excluding hydrogens is 269 g/mol. The Balaban J connectivity index is 4.33. The van der Waals surface area contributed by atoms with Crippen LogP contribution in [0.25, 0.3) is 0 Å². The van der Waals surface area contributed by atoms with Crippen LogP contribution in [0, 0.1) is 0 Å². The first kappa shape index (κ1) is 17.7. The molecule has 0 spiro atoms. The topological polar surface area (TPSA) is 49.4 Å². The summed E-state index contributed by atoms with van der Waals surface area (Å²) in [6, 6.07) is 0. The summed E-state index contributed by atoms with van der Waals surface area (Å²) >= 11 is 0. The summed E-state index contributed by atoms with van der Waals surface area (Å²) in [7, 11) is -2.49. The van der Waals surface area contributed by atoms with Gasteiger partial charge < -0.3 is 5.32 Å². The first-order valence-electron chi connectivity index (χ1n) is 5.84. The summed E-state index contributed by atoms with van der Waals surface area (Å²) < 4.78 is 60.6. The lowest BCUT2D eigenvalue weighted by Crippen LogP contribution is -2.41. The lowest BCUT2D eigenvalue weighted by molar-refractivity contribution is -0.135. The smallest absolute Gasteiger partial charge is 0.315 e. The molecular formula is C10H21F3N2O2S. The molecule has 1 unspecified atom stereocenters. The Labute approximate surface area is 107 Å². The molecule has 1 atom stereocenters.